The summed E-state index contributed by atoms with van der Waals surface area (Å²) < 4.78 is 1.13. The molecule has 0 spiro atoms. The Morgan fingerprint density at radius 3 is 3.20 bits per heavy atom. The normalized spacial score (nSPS) is 18.6. The van der Waals surface area contributed by atoms with Crippen molar-refractivity contribution in [2.24, 2.45) is 5.92 Å². The van der Waals surface area contributed by atoms with Gasteiger partial charge in [0.25, 0.3) is 0 Å². The Hall–Kier alpha value is -1.46. The predicted octanol–water partition coefficient (Wildman–Crippen LogP) is 2.93. The van der Waals surface area contributed by atoms with E-state index in [1.165, 1.54) is 6.42 Å². The van der Waals surface area contributed by atoms with Crippen molar-refractivity contribution in [3.8, 4) is 0 Å². The molecule has 1 amide bonds. The third-order valence-corrected chi connectivity index (χ3v) is 4.75. The van der Waals surface area contributed by atoms with Gasteiger partial charge in [-0.1, -0.05) is 23.5 Å². The molecule has 1 unspecified atom stereocenters. The van der Waals surface area contributed by atoms with E-state index in [9.17, 15) is 4.79 Å². The lowest BCUT2D eigenvalue weighted by atomic mass is 10.0. The van der Waals surface area contributed by atoms with Crippen LogP contribution in [0.4, 0.5) is 5.13 Å². The second kappa shape index (κ2) is 5.89. The van der Waals surface area contributed by atoms with Crippen LogP contribution >= 0.6 is 11.3 Å². The summed E-state index contributed by atoms with van der Waals surface area (Å²) in [6, 6.07) is 6.11. The van der Waals surface area contributed by atoms with E-state index in [0.717, 1.165) is 35.3 Å². The van der Waals surface area contributed by atoms with Gasteiger partial charge in [0.05, 0.1) is 10.2 Å². The maximum absolute atomic E-state index is 12.0. The minimum absolute atomic E-state index is 0.0774. The van der Waals surface area contributed by atoms with Crippen molar-refractivity contribution < 1.29 is 4.79 Å². The molecule has 1 aliphatic heterocycles. The highest BCUT2D eigenvalue weighted by molar-refractivity contribution is 7.22. The summed E-state index contributed by atoms with van der Waals surface area (Å²) in [5.41, 5.74) is 2.14. The summed E-state index contributed by atoms with van der Waals surface area (Å²) in [5.74, 6) is 0.729. The van der Waals surface area contributed by atoms with Crippen molar-refractivity contribution in [1.29, 1.82) is 0 Å². The zero-order valence-electron chi connectivity index (χ0n) is 11.6. The average molecular weight is 289 g/mol. The Morgan fingerprint density at radius 2 is 2.45 bits per heavy atom. The van der Waals surface area contributed by atoms with Gasteiger partial charge in [0, 0.05) is 6.42 Å². The van der Waals surface area contributed by atoms with E-state index in [4.69, 9.17) is 0 Å². The number of carbonyl (C=O) groups is 1. The zero-order chi connectivity index (χ0) is 13.9. The molecule has 0 saturated carbocycles. The highest BCUT2D eigenvalue weighted by Crippen LogP contribution is 2.28. The second-order valence-corrected chi connectivity index (χ2v) is 6.42. The number of amides is 1. The molecule has 106 valence electrons. The van der Waals surface area contributed by atoms with Gasteiger partial charge >= 0.3 is 0 Å². The molecule has 0 aliphatic carbocycles. The largest absolute Gasteiger partial charge is 0.316 e. The molecular weight excluding hydrogens is 270 g/mol. The van der Waals surface area contributed by atoms with Gasteiger partial charge in [0.2, 0.25) is 5.91 Å². The highest BCUT2D eigenvalue weighted by Gasteiger charge is 2.16. The van der Waals surface area contributed by atoms with Gasteiger partial charge in [-0.05, 0) is 50.4 Å². The van der Waals surface area contributed by atoms with Crippen molar-refractivity contribution in [2.75, 3.05) is 18.4 Å². The molecule has 0 radical (unpaired) electrons. The van der Waals surface area contributed by atoms with Gasteiger partial charge in [-0.2, -0.15) is 0 Å². The van der Waals surface area contributed by atoms with Gasteiger partial charge < -0.3 is 10.6 Å². The van der Waals surface area contributed by atoms with Crippen LogP contribution in [0.25, 0.3) is 10.2 Å². The number of aryl methyl sites for hydroxylation is 1. The van der Waals surface area contributed by atoms with Crippen LogP contribution in [-0.4, -0.2) is 24.0 Å². The lowest BCUT2D eigenvalue weighted by Crippen LogP contribution is -2.14. The minimum atomic E-state index is 0.0774. The van der Waals surface area contributed by atoms with Gasteiger partial charge in [-0.25, -0.2) is 4.98 Å². The molecule has 4 nitrogen and oxygen atoms in total. The molecule has 2 heterocycles. The van der Waals surface area contributed by atoms with Gasteiger partial charge in [-0.15, -0.1) is 0 Å². The molecule has 1 atom stereocenters. The Kier molecular flexibility index (Phi) is 3.98. The number of para-hydroxylation sites is 1. The number of anilines is 1. The third kappa shape index (κ3) is 2.99. The topological polar surface area (TPSA) is 54.0 Å². The molecule has 2 aromatic rings. The summed E-state index contributed by atoms with van der Waals surface area (Å²) in [6.45, 7) is 4.18. The van der Waals surface area contributed by atoms with E-state index in [1.807, 2.05) is 25.1 Å². The molecule has 20 heavy (non-hydrogen) atoms. The van der Waals surface area contributed by atoms with E-state index in [0.29, 0.717) is 17.5 Å². The van der Waals surface area contributed by atoms with Crippen molar-refractivity contribution in [3.63, 3.8) is 0 Å². The van der Waals surface area contributed by atoms with Crippen LogP contribution in [0.15, 0.2) is 18.2 Å². The van der Waals surface area contributed by atoms with Crippen LogP contribution in [-0.2, 0) is 4.79 Å². The molecule has 1 saturated heterocycles. The fourth-order valence-corrected chi connectivity index (χ4v) is 3.58. The highest BCUT2D eigenvalue weighted by atomic mass is 32.1. The number of aromatic nitrogens is 1. The predicted molar refractivity (Wildman–Crippen MR) is 83.2 cm³/mol. The van der Waals surface area contributed by atoms with Crippen LogP contribution in [0, 0.1) is 12.8 Å². The van der Waals surface area contributed by atoms with E-state index in [-0.39, 0.29) is 5.91 Å². The number of rotatable bonds is 4. The molecular formula is C15H19N3OS. The van der Waals surface area contributed by atoms with Crippen LogP contribution in [0.1, 0.15) is 24.8 Å². The van der Waals surface area contributed by atoms with Crippen molar-refractivity contribution in [1.82, 2.24) is 10.3 Å². The number of thiazole rings is 1. The van der Waals surface area contributed by atoms with Crippen LogP contribution in [0.5, 0.6) is 0 Å². The first-order chi connectivity index (χ1) is 9.72. The summed E-state index contributed by atoms with van der Waals surface area (Å²) in [7, 11) is 0. The van der Waals surface area contributed by atoms with Gasteiger partial charge in [-0.3, -0.25) is 4.79 Å². The molecule has 1 aromatic carbocycles. The lowest BCUT2D eigenvalue weighted by molar-refractivity contribution is -0.116. The Morgan fingerprint density at radius 1 is 1.55 bits per heavy atom. The first-order valence-corrected chi connectivity index (χ1v) is 7.91. The number of nitrogens with one attached hydrogen (secondary N) is 2. The first kappa shape index (κ1) is 13.5. The van der Waals surface area contributed by atoms with E-state index in [2.05, 4.69) is 15.6 Å². The SMILES string of the molecule is Cc1cccc2sc(NC(=O)CCC3CCNC3)nc12. The number of hydrogen-bond donors (Lipinski definition) is 2. The number of benzene rings is 1. The second-order valence-electron chi connectivity index (χ2n) is 5.39. The lowest BCUT2D eigenvalue weighted by Gasteiger charge is -2.06. The van der Waals surface area contributed by atoms with Crippen molar-refractivity contribution in [2.45, 2.75) is 26.2 Å². The standard InChI is InChI=1S/C15H19N3OS/c1-10-3-2-4-12-14(10)18-15(20-12)17-13(19)6-5-11-7-8-16-9-11/h2-4,11,16H,5-9H2,1H3,(H,17,18,19). The maximum atomic E-state index is 12.0. The van der Waals surface area contributed by atoms with Gasteiger partial charge in [0.15, 0.2) is 5.13 Å². The monoisotopic (exact) mass is 289 g/mol. The van der Waals surface area contributed by atoms with Crippen molar-refractivity contribution in [3.05, 3.63) is 23.8 Å². The van der Waals surface area contributed by atoms with E-state index < -0.39 is 0 Å². The third-order valence-electron chi connectivity index (χ3n) is 3.81. The summed E-state index contributed by atoms with van der Waals surface area (Å²) >= 11 is 1.54. The molecule has 1 aliphatic rings. The smallest absolute Gasteiger partial charge is 0.226 e. The summed E-state index contributed by atoms with van der Waals surface area (Å²) in [6.07, 6.45) is 2.73. The quantitative estimate of drug-likeness (QED) is 0.910. The van der Waals surface area contributed by atoms with Crippen LogP contribution in [0.3, 0.4) is 0 Å². The van der Waals surface area contributed by atoms with Crippen LogP contribution < -0.4 is 10.6 Å². The first-order valence-electron chi connectivity index (χ1n) is 7.09. The molecule has 3 rings (SSSR count). The number of fused-ring (bicyclic) bond motifs is 1. The number of hydrogen-bond acceptors (Lipinski definition) is 4. The van der Waals surface area contributed by atoms with E-state index >= 15 is 0 Å². The Balaban J connectivity index is 1.60. The minimum Gasteiger partial charge on any atom is -0.316 e. The zero-order valence-corrected chi connectivity index (χ0v) is 12.4. The maximum Gasteiger partial charge on any atom is 0.226 e. The van der Waals surface area contributed by atoms with E-state index in [1.54, 1.807) is 11.3 Å². The molecule has 1 aromatic heterocycles. The fraction of sp³-hybridized carbons (Fsp3) is 0.467. The van der Waals surface area contributed by atoms with Crippen molar-refractivity contribution >= 4 is 32.6 Å². The summed E-state index contributed by atoms with van der Waals surface area (Å²) in [4.78, 5) is 16.5. The molecule has 5 heteroatoms. The number of nitrogens with zero attached hydrogens (tertiary/aromatic N) is 1. The fourth-order valence-electron chi connectivity index (χ4n) is 2.62. The summed E-state index contributed by atoms with van der Waals surface area (Å²) in [5, 5.41) is 6.97. The molecule has 1 fully saturated rings. The molecule has 2 N–H and O–H groups in total. The molecule has 0 bridgehead atoms. The van der Waals surface area contributed by atoms with Gasteiger partial charge in [0.1, 0.15) is 0 Å². The Labute approximate surface area is 122 Å². The number of carbonyl (C=O) groups excluding carboxylic acids is 1. The Bertz CT molecular complexity index is 617. The average Bonchev–Trinajstić information content (AvgIpc) is 3.05. The van der Waals surface area contributed by atoms with Crippen LogP contribution in [0.2, 0.25) is 0 Å².